The van der Waals surface area contributed by atoms with E-state index in [1.54, 1.807) is 30.3 Å². The standard InChI is InChI=1S/C12H12F3NO3/c13-12(14,15)7-10(17)16-9(11(18)19)6-8-4-2-1-3-5-8/h1-5,9H,6-7H2,(H,16,17)(H,18,19)/t9-/m1/s1. The van der Waals surface area contributed by atoms with Crippen LogP contribution in [0.3, 0.4) is 0 Å². The van der Waals surface area contributed by atoms with E-state index in [1.165, 1.54) is 0 Å². The minimum absolute atomic E-state index is 0.0697. The van der Waals surface area contributed by atoms with E-state index in [0.29, 0.717) is 5.56 Å². The Morgan fingerprint density at radius 3 is 2.26 bits per heavy atom. The summed E-state index contributed by atoms with van der Waals surface area (Å²) in [6.07, 6.45) is -6.41. The molecule has 0 radical (unpaired) electrons. The second kappa shape index (κ2) is 6.21. The normalized spacial score (nSPS) is 12.8. The van der Waals surface area contributed by atoms with Gasteiger partial charge in [-0.1, -0.05) is 30.3 Å². The molecule has 0 aliphatic carbocycles. The molecule has 19 heavy (non-hydrogen) atoms. The summed E-state index contributed by atoms with van der Waals surface area (Å²) in [6.45, 7) is 0. The van der Waals surface area contributed by atoms with E-state index in [9.17, 15) is 22.8 Å². The third-order valence-corrected chi connectivity index (χ3v) is 2.28. The Morgan fingerprint density at radius 1 is 1.21 bits per heavy atom. The minimum Gasteiger partial charge on any atom is -0.480 e. The number of hydrogen-bond donors (Lipinski definition) is 2. The van der Waals surface area contributed by atoms with Gasteiger partial charge in [-0.15, -0.1) is 0 Å². The summed E-state index contributed by atoms with van der Waals surface area (Å²) in [7, 11) is 0. The Morgan fingerprint density at radius 2 is 1.79 bits per heavy atom. The number of halogens is 3. The molecule has 0 aliphatic rings. The van der Waals surface area contributed by atoms with Gasteiger partial charge in [0.2, 0.25) is 5.91 Å². The molecule has 0 spiro atoms. The number of carbonyl (C=O) groups is 2. The van der Waals surface area contributed by atoms with Crippen LogP contribution in [0.25, 0.3) is 0 Å². The Kier molecular flexibility index (Phi) is 4.91. The van der Waals surface area contributed by atoms with Crippen LogP contribution in [0.2, 0.25) is 0 Å². The van der Waals surface area contributed by atoms with Crippen molar-refractivity contribution in [2.24, 2.45) is 0 Å². The van der Waals surface area contributed by atoms with E-state index in [4.69, 9.17) is 5.11 Å². The first-order valence-corrected chi connectivity index (χ1v) is 5.41. The molecule has 104 valence electrons. The van der Waals surface area contributed by atoms with E-state index in [2.05, 4.69) is 0 Å². The molecule has 1 aromatic carbocycles. The maximum Gasteiger partial charge on any atom is 0.397 e. The number of hydrogen-bond acceptors (Lipinski definition) is 2. The monoisotopic (exact) mass is 275 g/mol. The lowest BCUT2D eigenvalue weighted by atomic mass is 10.1. The molecule has 0 saturated carbocycles. The first kappa shape index (κ1) is 15.0. The van der Waals surface area contributed by atoms with Crippen molar-refractivity contribution in [1.82, 2.24) is 5.32 Å². The van der Waals surface area contributed by atoms with Crippen molar-refractivity contribution in [2.45, 2.75) is 25.1 Å². The number of alkyl halides is 3. The number of aliphatic carboxylic acids is 1. The van der Waals surface area contributed by atoms with Gasteiger partial charge in [0.05, 0.1) is 0 Å². The fraction of sp³-hybridized carbons (Fsp3) is 0.333. The van der Waals surface area contributed by atoms with Gasteiger partial charge in [0.1, 0.15) is 12.5 Å². The maximum atomic E-state index is 12.0. The van der Waals surface area contributed by atoms with Gasteiger partial charge in [-0.25, -0.2) is 4.79 Å². The van der Waals surface area contributed by atoms with E-state index < -0.39 is 30.5 Å². The molecule has 2 N–H and O–H groups in total. The molecular formula is C12H12F3NO3. The van der Waals surface area contributed by atoms with Crippen molar-refractivity contribution >= 4 is 11.9 Å². The predicted octanol–water partition coefficient (Wildman–Crippen LogP) is 1.75. The van der Waals surface area contributed by atoms with Crippen LogP contribution in [-0.2, 0) is 16.0 Å². The summed E-state index contributed by atoms with van der Waals surface area (Å²) in [5.74, 6) is -2.73. The molecule has 0 unspecified atom stereocenters. The van der Waals surface area contributed by atoms with Crippen LogP contribution in [-0.4, -0.2) is 29.2 Å². The molecular weight excluding hydrogens is 263 g/mol. The van der Waals surface area contributed by atoms with E-state index >= 15 is 0 Å². The topological polar surface area (TPSA) is 66.4 Å². The van der Waals surface area contributed by atoms with E-state index in [1.807, 2.05) is 5.32 Å². The average Bonchev–Trinajstić information content (AvgIpc) is 2.26. The van der Waals surface area contributed by atoms with Crippen LogP contribution in [0.4, 0.5) is 13.2 Å². The van der Waals surface area contributed by atoms with Crippen molar-refractivity contribution in [3.8, 4) is 0 Å². The molecule has 4 nitrogen and oxygen atoms in total. The Bertz CT molecular complexity index is 445. The molecule has 0 saturated heterocycles. The van der Waals surface area contributed by atoms with Crippen LogP contribution in [0.1, 0.15) is 12.0 Å². The van der Waals surface area contributed by atoms with Crippen molar-refractivity contribution < 1.29 is 27.9 Å². The molecule has 0 bridgehead atoms. The molecule has 1 aromatic rings. The first-order valence-electron chi connectivity index (χ1n) is 5.41. The summed E-state index contributed by atoms with van der Waals surface area (Å²) in [4.78, 5) is 22.0. The van der Waals surface area contributed by atoms with Crippen molar-refractivity contribution in [3.05, 3.63) is 35.9 Å². The van der Waals surface area contributed by atoms with Gasteiger partial charge in [0.25, 0.3) is 0 Å². The Labute approximate surface area is 107 Å². The molecule has 0 fully saturated rings. The number of carboxylic acid groups (broad SMARTS) is 1. The van der Waals surface area contributed by atoms with Gasteiger partial charge in [-0.05, 0) is 5.56 Å². The summed E-state index contributed by atoms with van der Waals surface area (Å²) in [5, 5.41) is 10.7. The summed E-state index contributed by atoms with van der Waals surface area (Å²) in [6, 6.07) is 6.95. The SMILES string of the molecule is O=C(CC(F)(F)F)N[C@H](Cc1ccccc1)C(=O)O. The number of amides is 1. The zero-order valence-corrected chi connectivity index (χ0v) is 9.78. The maximum absolute atomic E-state index is 12.0. The Hall–Kier alpha value is -2.05. The van der Waals surface area contributed by atoms with Crippen LogP contribution in [0.15, 0.2) is 30.3 Å². The van der Waals surface area contributed by atoms with Crippen LogP contribution in [0.5, 0.6) is 0 Å². The molecule has 1 atom stereocenters. The third-order valence-electron chi connectivity index (χ3n) is 2.28. The van der Waals surface area contributed by atoms with Crippen LogP contribution >= 0.6 is 0 Å². The quantitative estimate of drug-likeness (QED) is 0.860. The smallest absolute Gasteiger partial charge is 0.397 e. The fourth-order valence-electron chi connectivity index (χ4n) is 1.48. The van der Waals surface area contributed by atoms with E-state index in [0.717, 1.165) is 0 Å². The van der Waals surface area contributed by atoms with Gasteiger partial charge in [-0.2, -0.15) is 13.2 Å². The number of carbonyl (C=O) groups excluding carboxylic acids is 1. The number of carboxylic acids is 1. The highest BCUT2D eigenvalue weighted by Gasteiger charge is 2.33. The number of rotatable bonds is 5. The zero-order chi connectivity index (χ0) is 14.5. The number of nitrogens with one attached hydrogen (secondary N) is 1. The minimum atomic E-state index is -4.65. The third kappa shape index (κ3) is 5.89. The highest BCUT2D eigenvalue weighted by Crippen LogP contribution is 2.19. The lowest BCUT2D eigenvalue weighted by molar-refractivity contribution is -0.156. The predicted molar refractivity (Wildman–Crippen MR) is 60.4 cm³/mol. The molecule has 0 heterocycles. The molecule has 0 aliphatic heterocycles. The van der Waals surface area contributed by atoms with Crippen molar-refractivity contribution in [2.75, 3.05) is 0 Å². The van der Waals surface area contributed by atoms with Gasteiger partial charge in [0.15, 0.2) is 0 Å². The molecule has 1 rings (SSSR count). The largest absolute Gasteiger partial charge is 0.480 e. The average molecular weight is 275 g/mol. The molecule has 7 heteroatoms. The van der Waals surface area contributed by atoms with Crippen LogP contribution in [0, 0.1) is 0 Å². The lowest BCUT2D eigenvalue weighted by Gasteiger charge is -2.15. The molecule has 1 amide bonds. The summed E-state index contributed by atoms with van der Waals surface area (Å²) >= 11 is 0. The van der Waals surface area contributed by atoms with Crippen LogP contribution < -0.4 is 5.32 Å². The van der Waals surface area contributed by atoms with Gasteiger partial charge >= 0.3 is 12.1 Å². The summed E-state index contributed by atoms with van der Waals surface area (Å²) < 4.78 is 35.9. The molecule has 0 aromatic heterocycles. The lowest BCUT2D eigenvalue weighted by Crippen LogP contribution is -2.43. The van der Waals surface area contributed by atoms with E-state index in [-0.39, 0.29) is 6.42 Å². The second-order valence-electron chi connectivity index (χ2n) is 3.94. The number of benzene rings is 1. The highest BCUT2D eigenvalue weighted by atomic mass is 19.4. The Balaban J connectivity index is 2.64. The fourth-order valence-corrected chi connectivity index (χ4v) is 1.48. The van der Waals surface area contributed by atoms with Gasteiger partial charge in [0, 0.05) is 6.42 Å². The van der Waals surface area contributed by atoms with Crippen molar-refractivity contribution in [3.63, 3.8) is 0 Å². The first-order chi connectivity index (χ1) is 8.78. The van der Waals surface area contributed by atoms with Gasteiger partial charge < -0.3 is 10.4 Å². The highest BCUT2D eigenvalue weighted by molar-refractivity contribution is 5.84. The van der Waals surface area contributed by atoms with Crippen molar-refractivity contribution in [1.29, 1.82) is 0 Å². The van der Waals surface area contributed by atoms with Gasteiger partial charge in [-0.3, -0.25) is 4.79 Å². The second-order valence-corrected chi connectivity index (χ2v) is 3.94. The summed E-state index contributed by atoms with van der Waals surface area (Å²) in [5.41, 5.74) is 0.613. The zero-order valence-electron chi connectivity index (χ0n) is 9.78.